The van der Waals surface area contributed by atoms with Gasteiger partial charge in [0, 0.05) is 11.1 Å². The van der Waals surface area contributed by atoms with Crippen LogP contribution in [0.25, 0.3) is 11.1 Å². The van der Waals surface area contributed by atoms with Gasteiger partial charge >= 0.3 is 0 Å². The molecule has 3 aromatic carbocycles. The molecule has 1 aliphatic rings. The molecule has 0 radical (unpaired) electrons. The van der Waals surface area contributed by atoms with Gasteiger partial charge in [0.2, 0.25) is 0 Å². The summed E-state index contributed by atoms with van der Waals surface area (Å²) < 4.78 is 19.1. The predicted molar refractivity (Wildman–Crippen MR) is 105 cm³/mol. The number of hydrogen-bond acceptors (Lipinski definition) is 2. The molecule has 4 rings (SSSR count). The van der Waals surface area contributed by atoms with Crippen LogP contribution in [0.5, 0.6) is 5.75 Å². The third kappa shape index (κ3) is 2.86. The van der Waals surface area contributed by atoms with Gasteiger partial charge in [-0.15, -0.1) is 0 Å². The van der Waals surface area contributed by atoms with Gasteiger partial charge in [0.15, 0.2) is 0 Å². The first-order chi connectivity index (χ1) is 13.0. The van der Waals surface area contributed by atoms with Crippen LogP contribution in [-0.2, 0) is 0 Å². The van der Waals surface area contributed by atoms with Gasteiger partial charge in [0.1, 0.15) is 11.6 Å². The maximum Gasteiger partial charge on any atom is 0.258 e. The van der Waals surface area contributed by atoms with Crippen molar-refractivity contribution in [3.8, 4) is 16.9 Å². The Morgan fingerprint density at radius 3 is 2.63 bits per heavy atom. The highest BCUT2D eigenvalue weighted by Gasteiger charge is 2.33. The van der Waals surface area contributed by atoms with E-state index >= 15 is 0 Å². The van der Waals surface area contributed by atoms with Crippen molar-refractivity contribution >= 4 is 23.2 Å². The summed E-state index contributed by atoms with van der Waals surface area (Å²) in [6.07, 6.45) is 0. The average molecular weight is 382 g/mol. The van der Waals surface area contributed by atoms with Crippen LogP contribution >= 0.6 is 11.6 Å². The second-order valence-electron chi connectivity index (χ2n) is 6.45. The third-order valence-corrected chi connectivity index (χ3v) is 5.23. The standard InChI is InChI=1S/C22H17ClFNO2/c1-13-18-12-15(24)8-9-16(18)17-5-3-4-6-20(17)25(13)22(26)14-7-10-19(23)21(11-14)27-2/h3-13H,1-2H3. The summed E-state index contributed by atoms with van der Waals surface area (Å²) >= 11 is 6.09. The number of anilines is 1. The molecule has 0 bridgehead atoms. The molecule has 1 unspecified atom stereocenters. The second kappa shape index (κ2) is 6.71. The Bertz CT molecular complexity index is 1050. The summed E-state index contributed by atoms with van der Waals surface area (Å²) in [5.74, 6) is -0.0766. The third-order valence-electron chi connectivity index (χ3n) is 4.92. The monoisotopic (exact) mass is 381 g/mol. The van der Waals surface area contributed by atoms with Crippen LogP contribution < -0.4 is 9.64 Å². The van der Waals surface area contributed by atoms with Crippen molar-refractivity contribution in [2.75, 3.05) is 12.0 Å². The Labute approximate surface area is 162 Å². The van der Waals surface area contributed by atoms with E-state index in [4.69, 9.17) is 16.3 Å². The predicted octanol–water partition coefficient (Wildman–Crippen LogP) is 5.88. The normalized spacial score (nSPS) is 15.1. The Hall–Kier alpha value is -2.85. The van der Waals surface area contributed by atoms with Crippen molar-refractivity contribution in [3.05, 3.63) is 82.6 Å². The van der Waals surface area contributed by atoms with Crippen LogP contribution in [0.15, 0.2) is 60.7 Å². The number of rotatable bonds is 2. The fourth-order valence-corrected chi connectivity index (χ4v) is 3.80. The van der Waals surface area contributed by atoms with Gasteiger partial charge < -0.3 is 9.64 Å². The molecule has 1 heterocycles. The van der Waals surface area contributed by atoms with Crippen LogP contribution in [-0.4, -0.2) is 13.0 Å². The molecular weight excluding hydrogens is 365 g/mol. The van der Waals surface area contributed by atoms with E-state index in [-0.39, 0.29) is 17.8 Å². The minimum atomic E-state index is -0.320. The van der Waals surface area contributed by atoms with Gasteiger partial charge in [-0.1, -0.05) is 35.9 Å². The number of hydrogen-bond donors (Lipinski definition) is 0. The molecule has 0 aromatic heterocycles. The van der Waals surface area contributed by atoms with Crippen molar-refractivity contribution in [1.82, 2.24) is 0 Å². The molecular formula is C22H17ClFNO2. The zero-order valence-electron chi connectivity index (χ0n) is 14.9. The molecule has 3 aromatic rings. The number of halogens is 2. The lowest BCUT2D eigenvalue weighted by atomic mass is 9.88. The van der Waals surface area contributed by atoms with Crippen molar-refractivity contribution in [2.24, 2.45) is 0 Å². The summed E-state index contributed by atoms with van der Waals surface area (Å²) in [4.78, 5) is 15.1. The Morgan fingerprint density at radius 1 is 1.07 bits per heavy atom. The number of amides is 1. The molecule has 0 aliphatic carbocycles. The fourth-order valence-electron chi connectivity index (χ4n) is 3.60. The van der Waals surface area contributed by atoms with Crippen molar-refractivity contribution in [3.63, 3.8) is 0 Å². The van der Waals surface area contributed by atoms with Crippen molar-refractivity contribution < 1.29 is 13.9 Å². The number of methoxy groups -OCH3 is 1. The number of nitrogens with zero attached hydrogens (tertiary/aromatic N) is 1. The molecule has 0 N–H and O–H groups in total. The fraction of sp³-hybridized carbons (Fsp3) is 0.136. The van der Waals surface area contributed by atoms with Crippen molar-refractivity contribution in [2.45, 2.75) is 13.0 Å². The van der Waals surface area contributed by atoms with Crippen LogP contribution in [0.2, 0.25) is 5.02 Å². The summed E-state index contributed by atoms with van der Waals surface area (Å²) in [5, 5.41) is 0.438. The molecule has 1 aliphatic heterocycles. The highest BCUT2D eigenvalue weighted by molar-refractivity contribution is 6.32. The van der Waals surface area contributed by atoms with Gasteiger partial charge in [-0.25, -0.2) is 4.39 Å². The maximum atomic E-state index is 13.9. The van der Waals surface area contributed by atoms with Gasteiger partial charge in [0.25, 0.3) is 5.91 Å². The largest absolute Gasteiger partial charge is 0.495 e. The smallest absolute Gasteiger partial charge is 0.258 e. The molecule has 3 nitrogen and oxygen atoms in total. The Morgan fingerprint density at radius 2 is 1.85 bits per heavy atom. The van der Waals surface area contributed by atoms with Crippen LogP contribution in [0, 0.1) is 5.82 Å². The van der Waals surface area contributed by atoms with E-state index in [0.29, 0.717) is 16.3 Å². The maximum absolute atomic E-state index is 13.9. The van der Waals surface area contributed by atoms with Crippen LogP contribution in [0.3, 0.4) is 0 Å². The molecule has 5 heteroatoms. The number of benzene rings is 3. The van der Waals surface area contributed by atoms with Crippen LogP contribution in [0.1, 0.15) is 28.9 Å². The molecule has 27 heavy (non-hydrogen) atoms. The molecule has 136 valence electrons. The van der Waals surface area contributed by atoms with E-state index in [1.54, 1.807) is 29.2 Å². The number of ether oxygens (including phenoxy) is 1. The molecule has 1 amide bonds. The summed E-state index contributed by atoms with van der Waals surface area (Å²) in [7, 11) is 1.51. The van der Waals surface area contributed by atoms with Crippen LogP contribution in [0.4, 0.5) is 10.1 Å². The quantitative estimate of drug-likeness (QED) is 0.555. The highest BCUT2D eigenvalue weighted by Crippen LogP contribution is 2.45. The summed E-state index contributed by atoms with van der Waals surface area (Å²) in [6.45, 7) is 1.90. The van der Waals surface area contributed by atoms with Crippen molar-refractivity contribution in [1.29, 1.82) is 0 Å². The van der Waals surface area contributed by atoms with E-state index in [9.17, 15) is 9.18 Å². The number of carbonyl (C=O) groups is 1. The lowest BCUT2D eigenvalue weighted by Crippen LogP contribution is -2.36. The molecule has 0 saturated heterocycles. The Kier molecular flexibility index (Phi) is 4.36. The molecule has 0 saturated carbocycles. The first-order valence-corrected chi connectivity index (χ1v) is 8.95. The lowest BCUT2D eigenvalue weighted by molar-refractivity contribution is 0.0977. The van der Waals surface area contributed by atoms with Gasteiger partial charge in [-0.05, 0) is 54.4 Å². The lowest BCUT2D eigenvalue weighted by Gasteiger charge is -2.37. The van der Waals surface area contributed by atoms with E-state index < -0.39 is 0 Å². The van der Waals surface area contributed by atoms with E-state index in [1.807, 2.05) is 31.2 Å². The highest BCUT2D eigenvalue weighted by atomic mass is 35.5. The van der Waals surface area contributed by atoms with E-state index in [1.165, 1.54) is 19.2 Å². The summed E-state index contributed by atoms with van der Waals surface area (Å²) in [6, 6.07) is 17.0. The van der Waals surface area contributed by atoms with E-state index in [0.717, 1.165) is 22.4 Å². The average Bonchev–Trinajstić information content (AvgIpc) is 2.68. The zero-order chi connectivity index (χ0) is 19.1. The van der Waals surface area contributed by atoms with E-state index in [2.05, 4.69) is 0 Å². The first kappa shape index (κ1) is 17.6. The topological polar surface area (TPSA) is 29.5 Å². The molecule has 0 spiro atoms. The molecule has 1 atom stereocenters. The van der Waals surface area contributed by atoms with Gasteiger partial charge in [-0.3, -0.25) is 4.79 Å². The minimum Gasteiger partial charge on any atom is -0.495 e. The second-order valence-corrected chi connectivity index (χ2v) is 6.86. The zero-order valence-corrected chi connectivity index (χ0v) is 15.6. The summed E-state index contributed by atoms with van der Waals surface area (Å²) in [5.41, 5.74) is 3.88. The number of carbonyl (C=O) groups excluding carboxylic acids is 1. The Balaban J connectivity index is 1.87. The molecule has 0 fully saturated rings. The first-order valence-electron chi connectivity index (χ1n) is 8.57. The van der Waals surface area contributed by atoms with Gasteiger partial charge in [0.05, 0.1) is 23.9 Å². The minimum absolute atomic E-state index is 0.195. The number of fused-ring (bicyclic) bond motifs is 3. The SMILES string of the molecule is COc1cc(C(=O)N2c3ccccc3-c3ccc(F)cc3C2C)ccc1Cl. The van der Waals surface area contributed by atoms with Gasteiger partial charge in [-0.2, -0.15) is 0 Å². The number of para-hydroxylation sites is 1.